The fourth-order valence-electron chi connectivity index (χ4n) is 4.01. The summed E-state index contributed by atoms with van der Waals surface area (Å²) < 4.78 is 6.67. The zero-order valence-corrected chi connectivity index (χ0v) is 13.9. The van der Waals surface area contributed by atoms with Crippen LogP contribution in [0.3, 0.4) is 0 Å². The number of hydrogen-bond acceptors (Lipinski definition) is 2. The van der Waals surface area contributed by atoms with Gasteiger partial charge < -0.3 is 4.74 Å². The third kappa shape index (κ3) is 3.04. The molecule has 0 amide bonds. The van der Waals surface area contributed by atoms with Crippen molar-refractivity contribution in [2.45, 2.75) is 51.1 Å². The van der Waals surface area contributed by atoms with Crippen LogP contribution in [0.25, 0.3) is 0 Å². The minimum absolute atomic E-state index is 0.807. The van der Waals surface area contributed by atoms with E-state index in [0.29, 0.717) is 0 Å². The highest BCUT2D eigenvalue weighted by molar-refractivity contribution is 9.10. The molecule has 1 saturated heterocycles. The van der Waals surface area contributed by atoms with Crippen LogP contribution in [0.1, 0.15) is 44.1 Å². The van der Waals surface area contributed by atoms with Crippen LogP contribution in [-0.2, 0) is 6.54 Å². The molecule has 1 aliphatic heterocycles. The molecule has 3 rings (SSSR count). The summed E-state index contributed by atoms with van der Waals surface area (Å²) in [5.41, 5.74) is 1.31. The first-order valence-corrected chi connectivity index (χ1v) is 8.63. The van der Waals surface area contributed by atoms with Crippen LogP contribution in [0.4, 0.5) is 0 Å². The molecule has 0 spiro atoms. The van der Waals surface area contributed by atoms with Crippen molar-refractivity contribution in [3.63, 3.8) is 0 Å². The molecule has 2 fully saturated rings. The molecule has 2 unspecified atom stereocenters. The van der Waals surface area contributed by atoms with E-state index in [0.717, 1.165) is 28.7 Å². The van der Waals surface area contributed by atoms with Gasteiger partial charge in [-0.3, -0.25) is 4.90 Å². The summed E-state index contributed by atoms with van der Waals surface area (Å²) in [7, 11) is 1.77. The SMILES string of the molecule is COc1ccc(Br)cc1CN1CCCC2CCCCC21. The number of halogens is 1. The van der Waals surface area contributed by atoms with Gasteiger partial charge in [-0.05, 0) is 56.3 Å². The first-order valence-electron chi connectivity index (χ1n) is 7.84. The minimum Gasteiger partial charge on any atom is -0.496 e. The Morgan fingerprint density at radius 3 is 2.85 bits per heavy atom. The van der Waals surface area contributed by atoms with Gasteiger partial charge in [0.05, 0.1) is 7.11 Å². The first kappa shape index (κ1) is 14.4. The van der Waals surface area contributed by atoms with Gasteiger partial charge >= 0.3 is 0 Å². The van der Waals surface area contributed by atoms with Gasteiger partial charge in [-0.25, -0.2) is 0 Å². The van der Waals surface area contributed by atoms with Crippen LogP contribution in [0.2, 0.25) is 0 Å². The summed E-state index contributed by atoms with van der Waals surface area (Å²) in [6, 6.07) is 7.15. The second-order valence-electron chi connectivity index (χ2n) is 6.18. The van der Waals surface area contributed by atoms with Crippen molar-refractivity contribution < 1.29 is 4.74 Å². The van der Waals surface area contributed by atoms with Crippen molar-refractivity contribution in [3.8, 4) is 5.75 Å². The van der Waals surface area contributed by atoms with Crippen LogP contribution in [0.5, 0.6) is 5.75 Å². The minimum atomic E-state index is 0.807. The van der Waals surface area contributed by atoms with E-state index in [9.17, 15) is 0 Å². The smallest absolute Gasteiger partial charge is 0.123 e. The molecule has 20 heavy (non-hydrogen) atoms. The second kappa shape index (κ2) is 6.48. The normalized spacial score (nSPS) is 27.1. The lowest BCUT2D eigenvalue weighted by Gasteiger charge is -2.44. The van der Waals surface area contributed by atoms with Gasteiger partial charge in [-0.1, -0.05) is 28.8 Å². The maximum absolute atomic E-state index is 5.53. The predicted octanol–water partition coefficient (Wildman–Crippen LogP) is 4.61. The summed E-state index contributed by atoms with van der Waals surface area (Å²) in [6.45, 7) is 2.28. The third-order valence-electron chi connectivity index (χ3n) is 4.97. The average molecular weight is 338 g/mol. The van der Waals surface area contributed by atoms with Gasteiger partial charge in [0.15, 0.2) is 0 Å². The van der Waals surface area contributed by atoms with Crippen LogP contribution in [0, 0.1) is 5.92 Å². The number of rotatable bonds is 3. The van der Waals surface area contributed by atoms with Crippen molar-refractivity contribution in [2.24, 2.45) is 5.92 Å². The topological polar surface area (TPSA) is 12.5 Å². The van der Waals surface area contributed by atoms with E-state index in [1.807, 2.05) is 0 Å². The molecule has 0 N–H and O–H groups in total. The number of hydrogen-bond donors (Lipinski definition) is 0. The Morgan fingerprint density at radius 2 is 2.00 bits per heavy atom. The molecule has 1 aromatic rings. The molecule has 1 saturated carbocycles. The van der Waals surface area contributed by atoms with Crippen LogP contribution in [-0.4, -0.2) is 24.6 Å². The summed E-state index contributed by atoms with van der Waals surface area (Å²) >= 11 is 3.59. The molecule has 1 aliphatic carbocycles. The predicted molar refractivity (Wildman–Crippen MR) is 86.1 cm³/mol. The second-order valence-corrected chi connectivity index (χ2v) is 7.10. The van der Waals surface area contributed by atoms with Crippen molar-refractivity contribution in [1.82, 2.24) is 4.90 Å². The molecule has 0 radical (unpaired) electrons. The molecule has 110 valence electrons. The monoisotopic (exact) mass is 337 g/mol. The maximum atomic E-state index is 5.53. The fourth-order valence-corrected chi connectivity index (χ4v) is 4.42. The number of methoxy groups -OCH3 is 1. The Hall–Kier alpha value is -0.540. The van der Waals surface area contributed by atoms with Crippen molar-refractivity contribution >= 4 is 15.9 Å². The van der Waals surface area contributed by atoms with E-state index in [4.69, 9.17) is 4.74 Å². The Balaban J connectivity index is 1.77. The summed E-state index contributed by atoms with van der Waals surface area (Å²) in [6.07, 6.45) is 8.48. The standard InChI is InChI=1S/C17H24BrNO/c1-20-17-9-8-15(18)11-14(17)12-19-10-4-6-13-5-2-3-7-16(13)19/h8-9,11,13,16H,2-7,10,12H2,1H3. The largest absolute Gasteiger partial charge is 0.496 e. The van der Waals surface area contributed by atoms with Crippen LogP contribution >= 0.6 is 15.9 Å². The number of likely N-dealkylation sites (tertiary alicyclic amines) is 1. The highest BCUT2D eigenvalue weighted by Crippen LogP contribution is 2.37. The van der Waals surface area contributed by atoms with E-state index in [-0.39, 0.29) is 0 Å². The number of fused-ring (bicyclic) bond motifs is 1. The Labute approximate surface area is 130 Å². The molecule has 3 heteroatoms. The number of nitrogens with zero attached hydrogens (tertiary/aromatic N) is 1. The van der Waals surface area contributed by atoms with E-state index in [2.05, 4.69) is 39.0 Å². The number of ether oxygens (including phenoxy) is 1. The molecule has 0 aromatic heterocycles. The third-order valence-corrected chi connectivity index (χ3v) is 5.47. The van der Waals surface area contributed by atoms with Crippen LogP contribution < -0.4 is 4.74 Å². The summed E-state index contributed by atoms with van der Waals surface area (Å²) in [5.74, 6) is 1.96. The van der Waals surface area contributed by atoms with E-state index in [1.54, 1.807) is 7.11 Å². The molecule has 2 nitrogen and oxygen atoms in total. The molecule has 2 atom stereocenters. The molecule has 2 aliphatic rings. The fraction of sp³-hybridized carbons (Fsp3) is 0.647. The quantitative estimate of drug-likeness (QED) is 0.798. The number of piperidine rings is 1. The summed E-state index contributed by atoms with van der Waals surface area (Å²) in [5, 5.41) is 0. The van der Waals surface area contributed by atoms with Gasteiger partial charge in [0, 0.05) is 22.6 Å². The van der Waals surface area contributed by atoms with Gasteiger partial charge in [-0.2, -0.15) is 0 Å². The number of benzene rings is 1. The van der Waals surface area contributed by atoms with Gasteiger partial charge in [0.25, 0.3) is 0 Å². The molecular weight excluding hydrogens is 314 g/mol. The molecule has 1 heterocycles. The van der Waals surface area contributed by atoms with Gasteiger partial charge in [0.2, 0.25) is 0 Å². The Bertz CT molecular complexity index is 460. The lowest BCUT2D eigenvalue weighted by Crippen LogP contribution is -2.46. The Morgan fingerprint density at radius 1 is 1.20 bits per heavy atom. The van der Waals surface area contributed by atoms with Gasteiger partial charge in [-0.15, -0.1) is 0 Å². The maximum Gasteiger partial charge on any atom is 0.123 e. The molecule has 0 bridgehead atoms. The summed E-state index contributed by atoms with van der Waals surface area (Å²) in [4.78, 5) is 2.71. The molecule has 1 aromatic carbocycles. The zero-order chi connectivity index (χ0) is 13.9. The van der Waals surface area contributed by atoms with Gasteiger partial charge in [0.1, 0.15) is 5.75 Å². The van der Waals surface area contributed by atoms with E-state index in [1.165, 1.54) is 50.6 Å². The van der Waals surface area contributed by atoms with Crippen molar-refractivity contribution in [2.75, 3.05) is 13.7 Å². The lowest BCUT2D eigenvalue weighted by molar-refractivity contribution is 0.0541. The van der Waals surface area contributed by atoms with Crippen molar-refractivity contribution in [3.05, 3.63) is 28.2 Å². The zero-order valence-electron chi connectivity index (χ0n) is 12.3. The van der Waals surface area contributed by atoms with E-state index >= 15 is 0 Å². The average Bonchev–Trinajstić information content (AvgIpc) is 2.48. The highest BCUT2D eigenvalue weighted by atomic mass is 79.9. The van der Waals surface area contributed by atoms with Crippen LogP contribution in [0.15, 0.2) is 22.7 Å². The highest BCUT2D eigenvalue weighted by Gasteiger charge is 2.33. The molecular formula is C17H24BrNO. The van der Waals surface area contributed by atoms with Crippen molar-refractivity contribution in [1.29, 1.82) is 0 Å². The first-order chi connectivity index (χ1) is 9.78. The van der Waals surface area contributed by atoms with E-state index < -0.39 is 0 Å². The Kier molecular flexibility index (Phi) is 4.67. The lowest BCUT2D eigenvalue weighted by atomic mass is 9.78.